The van der Waals surface area contributed by atoms with Gasteiger partial charge in [-0.05, 0) is 54.8 Å². The van der Waals surface area contributed by atoms with E-state index in [1.807, 2.05) is 30.3 Å². The molecule has 0 fully saturated rings. The lowest BCUT2D eigenvalue weighted by Gasteiger charge is -2.28. The highest BCUT2D eigenvalue weighted by Crippen LogP contribution is 2.30. The molecule has 3 aromatic carbocycles. The number of hydrogen-bond donors (Lipinski definition) is 2. The first kappa shape index (κ1) is 31.5. The summed E-state index contributed by atoms with van der Waals surface area (Å²) in [4.78, 5) is 65.5. The van der Waals surface area contributed by atoms with E-state index >= 15 is 0 Å². The van der Waals surface area contributed by atoms with Crippen LogP contribution < -0.4 is 19.9 Å². The lowest BCUT2D eigenvalue weighted by Crippen LogP contribution is -2.50. The number of nitrogens with one attached hydrogen (secondary N) is 1. The monoisotopic (exact) mass is 603 g/mol. The number of aliphatic carboxylic acids is 1. The van der Waals surface area contributed by atoms with E-state index in [0.717, 1.165) is 23.1 Å². The fraction of sp³-hybridized carbons (Fsp3) is 0.281. The minimum atomic E-state index is -1.52. The average Bonchev–Trinajstić information content (AvgIpc) is 3.47. The van der Waals surface area contributed by atoms with Crippen molar-refractivity contribution in [2.24, 2.45) is 0 Å². The number of carboxylic acids is 1. The minimum Gasteiger partial charge on any atom is -0.494 e. The van der Waals surface area contributed by atoms with E-state index < -0.39 is 42.4 Å². The second-order valence-corrected chi connectivity index (χ2v) is 9.87. The van der Waals surface area contributed by atoms with Crippen LogP contribution in [-0.2, 0) is 36.9 Å². The van der Waals surface area contributed by atoms with Crippen molar-refractivity contribution in [1.29, 1.82) is 0 Å². The average molecular weight is 604 g/mol. The molecule has 1 aliphatic heterocycles. The predicted molar refractivity (Wildman–Crippen MR) is 160 cm³/mol. The van der Waals surface area contributed by atoms with Gasteiger partial charge in [0.1, 0.15) is 24.4 Å². The smallest absolute Gasteiger partial charge is 0.414 e. The van der Waals surface area contributed by atoms with Crippen molar-refractivity contribution >= 4 is 41.7 Å². The van der Waals surface area contributed by atoms with E-state index in [9.17, 15) is 29.1 Å². The zero-order chi connectivity index (χ0) is 31.6. The Morgan fingerprint density at radius 3 is 2.50 bits per heavy atom. The molecule has 0 bridgehead atoms. The first-order valence-electron chi connectivity index (χ1n) is 13.9. The van der Waals surface area contributed by atoms with Crippen molar-refractivity contribution in [3.8, 4) is 5.75 Å². The van der Waals surface area contributed by atoms with Crippen LogP contribution in [0.4, 0.5) is 16.2 Å². The number of esters is 1. The number of carbonyl (C=O) groups excluding carboxylic acids is 4. The van der Waals surface area contributed by atoms with Crippen LogP contribution in [0, 0.1) is 0 Å². The second kappa shape index (κ2) is 14.7. The van der Waals surface area contributed by atoms with Gasteiger partial charge in [-0.15, -0.1) is 0 Å². The maximum absolute atomic E-state index is 13.3. The summed E-state index contributed by atoms with van der Waals surface area (Å²) in [7, 11) is 1.11. The van der Waals surface area contributed by atoms with Gasteiger partial charge in [0.15, 0.2) is 0 Å². The maximum atomic E-state index is 13.3. The van der Waals surface area contributed by atoms with Crippen molar-refractivity contribution in [2.75, 3.05) is 30.1 Å². The van der Waals surface area contributed by atoms with Crippen LogP contribution in [0.1, 0.15) is 34.8 Å². The Morgan fingerprint density at radius 1 is 1.05 bits per heavy atom. The third-order valence-electron chi connectivity index (χ3n) is 7.07. The molecule has 1 heterocycles. The first-order valence-corrected chi connectivity index (χ1v) is 13.9. The number of nitrogens with zero attached hydrogens (tertiary/aromatic N) is 2. The molecule has 4 rings (SSSR count). The van der Waals surface area contributed by atoms with Gasteiger partial charge in [0.25, 0.3) is 5.91 Å². The molecular weight excluding hydrogens is 570 g/mol. The fourth-order valence-corrected chi connectivity index (χ4v) is 4.90. The van der Waals surface area contributed by atoms with E-state index in [1.54, 1.807) is 31.2 Å². The lowest BCUT2D eigenvalue weighted by atomic mass is 10.0. The van der Waals surface area contributed by atoms with E-state index in [-0.39, 0.29) is 17.9 Å². The summed E-state index contributed by atoms with van der Waals surface area (Å²) < 4.78 is 15.7. The number of benzene rings is 3. The molecule has 3 amide bonds. The first-order chi connectivity index (χ1) is 21.2. The molecule has 12 heteroatoms. The topological polar surface area (TPSA) is 152 Å². The number of carboxylic acid groups (broad SMARTS) is 1. The van der Waals surface area contributed by atoms with Gasteiger partial charge in [0.05, 0.1) is 19.4 Å². The van der Waals surface area contributed by atoms with Gasteiger partial charge < -0.3 is 29.5 Å². The largest absolute Gasteiger partial charge is 0.494 e. The van der Waals surface area contributed by atoms with E-state index in [0.29, 0.717) is 37.4 Å². The molecule has 0 saturated heterocycles. The molecule has 1 unspecified atom stereocenters. The third kappa shape index (κ3) is 7.51. The molecule has 0 aliphatic carbocycles. The zero-order valence-electron chi connectivity index (χ0n) is 24.3. The Kier molecular flexibility index (Phi) is 10.5. The summed E-state index contributed by atoms with van der Waals surface area (Å²) in [5.41, 5.74) is 2.62. The Bertz CT molecular complexity index is 1510. The van der Waals surface area contributed by atoms with Crippen molar-refractivity contribution < 1.29 is 43.3 Å². The molecule has 12 nitrogen and oxygen atoms in total. The highest BCUT2D eigenvalue weighted by Gasteiger charge is 2.34. The summed E-state index contributed by atoms with van der Waals surface area (Å²) in [5.74, 6) is -2.50. The summed E-state index contributed by atoms with van der Waals surface area (Å²) in [6.45, 7) is 2.64. The summed E-state index contributed by atoms with van der Waals surface area (Å²) >= 11 is 0. The van der Waals surface area contributed by atoms with Crippen LogP contribution in [0.25, 0.3) is 0 Å². The molecule has 1 aliphatic rings. The van der Waals surface area contributed by atoms with Crippen molar-refractivity contribution in [3.63, 3.8) is 0 Å². The molecule has 3 aromatic rings. The number of anilines is 2. The standard InChI is InChI=1S/C32H33N3O9/c1-3-43-25-11-7-10-24(17-25)35(20-36)28(30(38)39)18-26(31(40)42-2)33-29(37)23-12-13-27-22(16-23)14-15-34(27)32(41)44-19-21-8-5-4-6-9-21/h4-13,16-17,20,26,28H,3,14-15,18-19H2,1-2H3,(H,33,37)(H,38,39)/t26-,28?/m0/s1. The molecule has 2 N–H and O–H groups in total. The molecule has 0 aromatic heterocycles. The number of fused-ring (bicyclic) bond motifs is 1. The number of ether oxygens (including phenoxy) is 3. The molecule has 0 radical (unpaired) electrons. The van der Waals surface area contributed by atoms with Gasteiger partial charge in [-0.25, -0.2) is 14.4 Å². The Labute approximate surface area is 254 Å². The number of methoxy groups -OCH3 is 1. The molecule has 0 spiro atoms. The lowest BCUT2D eigenvalue weighted by molar-refractivity contribution is -0.144. The Hall–Kier alpha value is -5.39. The highest BCUT2D eigenvalue weighted by atomic mass is 16.6. The van der Waals surface area contributed by atoms with E-state index in [2.05, 4.69) is 5.32 Å². The molecule has 44 heavy (non-hydrogen) atoms. The molecular formula is C32H33N3O9. The summed E-state index contributed by atoms with van der Waals surface area (Å²) in [6, 6.07) is 17.4. The predicted octanol–water partition coefficient (Wildman–Crippen LogP) is 3.56. The van der Waals surface area contributed by atoms with Crippen LogP contribution in [0.5, 0.6) is 5.75 Å². The fourth-order valence-electron chi connectivity index (χ4n) is 4.90. The van der Waals surface area contributed by atoms with Crippen LogP contribution in [-0.4, -0.2) is 67.8 Å². The summed E-state index contributed by atoms with van der Waals surface area (Å²) in [5, 5.41) is 12.5. The SMILES string of the molecule is CCOc1cccc(N(C=O)C(C[C@H](NC(=O)c2ccc3c(c2)CCN3C(=O)OCc2ccccc2)C(=O)OC)C(=O)O)c1. The minimum absolute atomic E-state index is 0.123. The highest BCUT2D eigenvalue weighted by molar-refractivity contribution is 5.99. The van der Waals surface area contributed by atoms with Gasteiger partial charge in [0, 0.05) is 30.3 Å². The Balaban J connectivity index is 1.48. The number of hydrogen-bond acceptors (Lipinski definition) is 8. The van der Waals surface area contributed by atoms with Gasteiger partial charge in [0.2, 0.25) is 6.41 Å². The van der Waals surface area contributed by atoms with Crippen LogP contribution in [0.3, 0.4) is 0 Å². The van der Waals surface area contributed by atoms with Crippen LogP contribution >= 0.6 is 0 Å². The number of rotatable bonds is 13. The molecule has 0 saturated carbocycles. The summed E-state index contributed by atoms with van der Waals surface area (Å²) in [6.07, 6.45) is -0.163. The van der Waals surface area contributed by atoms with Crippen molar-refractivity contribution in [1.82, 2.24) is 5.32 Å². The second-order valence-electron chi connectivity index (χ2n) is 9.87. The third-order valence-corrected chi connectivity index (χ3v) is 7.07. The van der Waals surface area contributed by atoms with Gasteiger partial charge in [-0.3, -0.25) is 14.5 Å². The van der Waals surface area contributed by atoms with Gasteiger partial charge in [-0.2, -0.15) is 0 Å². The van der Waals surface area contributed by atoms with Gasteiger partial charge in [-0.1, -0.05) is 36.4 Å². The van der Waals surface area contributed by atoms with Crippen molar-refractivity contribution in [2.45, 2.75) is 38.5 Å². The van der Waals surface area contributed by atoms with Crippen molar-refractivity contribution in [3.05, 3.63) is 89.5 Å². The van der Waals surface area contributed by atoms with E-state index in [1.165, 1.54) is 23.1 Å². The zero-order valence-corrected chi connectivity index (χ0v) is 24.3. The van der Waals surface area contributed by atoms with Crippen LogP contribution in [0.2, 0.25) is 0 Å². The normalized spacial score (nSPS) is 13.2. The van der Waals surface area contributed by atoms with Crippen LogP contribution in [0.15, 0.2) is 72.8 Å². The molecule has 2 atom stereocenters. The maximum Gasteiger partial charge on any atom is 0.414 e. The molecule has 230 valence electrons. The number of carbonyl (C=O) groups is 5. The Morgan fingerprint density at radius 2 is 1.82 bits per heavy atom. The quantitative estimate of drug-likeness (QED) is 0.221. The van der Waals surface area contributed by atoms with Gasteiger partial charge >= 0.3 is 18.0 Å². The number of amides is 3. The van der Waals surface area contributed by atoms with E-state index in [4.69, 9.17) is 14.2 Å².